The summed E-state index contributed by atoms with van der Waals surface area (Å²) in [6.45, 7) is 3.28. The van der Waals surface area contributed by atoms with Gasteiger partial charge in [-0.2, -0.15) is 0 Å². The number of nitrogens with zero attached hydrogens (tertiary/aromatic N) is 1. The Labute approximate surface area is 99.2 Å². The number of aromatic hydroxyl groups is 2. The molecule has 0 aromatic heterocycles. The van der Waals surface area contributed by atoms with E-state index in [1.54, 1.807) is 4.90 Å². The van der Waals surface area contributed by atoms with Gasteiger partial charge < -0.3 is 19.8 Å². The number of phenolic OH excluding ortho intramolecular Hbond substituents is 2. The Morgan fingerprint density at radius 3 is 2.65 bits per heavy atom. The molecule has 1 unspecified atom stereocenters. The molecule has 1 atom stereocenters. The number of carbonyl (C=O) groups excluding carboxylic acids is 1. The summed E-state index contributed by atoms with van der Waals surface area (Å²) in [6.07, 6.45) is 0. The molecule has 1 heterocycles. The van der Waals surface area contributed by atoms with E-state index in [-0.39, 0.29) is 29.0 Å². The fourth-order valence-corrected chi connectivity index (χ4v) is 1.92. The highest BCUT2D eigenvalue weighted by atomic mass is 16.5. The van der Waals surface area contributed by atoms with Gasteiger partial charge in [0.15, 0.2) is 0 Å². The summed E-state index contributed by atoms with van der Waals surface area (Å²) in [6, 6.07) is 4.20. The Morgan fingerprint density at radius 2 is 2.06 bits per heavy atom. The van der Waals surface area contributed by atoms with E-state index in [1.807, 2.05) is 6.92 Å². The first-order valence-electron chi connectivity index (χ1n) is 5.51. The van der Waals surface area contributed by atoms with E-state index in [4.69, 9.17) is 4.74 Å². The van der Waals surface area contributed by atoms with Gasteiger partial charge in [-0.05, 0) is 19.1 Å². The molecule has 92 valence electrons. The molecule has 1 aromatic rings. The van der Waals surface area contributed by atoms with Crippen molar-refractivity contribution < 1.29 is 19.7 Å². The molecule has 0 bridgehead atoms. The lowest BCUT2D eigenvalue weighted by molar-refractivity contribution is 0.00330. The third-order valence-electron chi connectivity index (χ3n) is 2.86. The molecule has 1 aliphatic heterocycles. The summed E-state index contributed by atoms with van der Waals surface area (Å²) in [5.41, 5.74) is -0.0405. The zero-order valence-corrected chi connectivity index (χ0v) is 9.59. The SMILES string of the molecule is CC1COCCN1C(=O)c1c(O)cccc1O. The van der Waals surface area contributed by atoms with E-state index in [1.165, 1.54) is 18.2 Å². The minimum absolute atomic E-state index is 0.0405. The first kappa shape index (κ1) is 11.7. The van der Waals surface area contributed by atoms with Gasteiger partial charge in [-0.15, -0.1) is 0 Å². The van der Waals surface area contributed by atoms with Gasteiger partial charge in [0.05, 0.1) is 19.3 Å². The van der Waals surface area contributed by atoms with Crippen LogP contribution in [0.5, 0.6) is 11.5 Å². The van der Waals surface area contributed by atoms with Crippen molar-refractivity contribution in [3.8, 4) is 11.5 Å². The molecule has 5 heteroatoms. The summed E-state index contributed by atoms with van der Waals surface area (Å²) >= 11 is 0. The summed E-state index contributed by atoms with van der Waals surface area (Å²) in [4.78, 5) is 13.8. The lowest BCUT2D eigenvalue weighted by Crippen LogP contribution is -2.47. The van der Waals surface area contributed by atoms with Gasteiger partial charge >= 0.3 is 0 Å². The van der Waals surface area contributed by atoms with Crippen molar-refractivity contribution in [1.82, 2.24) is 4.90 Å². The number of ether oxygens (including phenoxy) is 1. The summed E-state index contributed by atoms with van der Waals surface area (Å²) < 4.78 is 5.24. The number of benzene rings is 1. The number of amides is 1. The molecule has 0 spiro atoms. The molecule has 0 aliphatic carbocycles. The Morgan fingerprint density at radius 1 is 1.41 bits per heavy atom. The molecule has 0 saturated carbocycles. The second-order valence-electron chi connectivity index (χ2n) is 4.09. The van der Waals surface area contributed by atoms with Crippen LogP contribution >= 0.6 is 0 Å². The maximum atomic E-state index is 12.2. The third kappa shape index (κ3) is 2.19. The maximum absolute atomic E-state index is 12.2. The van der Waals surface area contributed by atoms with E-state index in [0.717, 1.165) is 0 Å². The van der Waals surface area contributed by atoms with Crippen molar-refractivity contribution in [2.24, 2.45) is 0 Å². The average molecular weight is 237 g/mol. The molecule has 0 radical (unpaired) electrons. The minimum Gasteiger partial charge on any atom is -0.507 e. The molecular formula is C12H15NO4. The van der Waals surface area contributed by atoms with Crippen LogP contribution in [-0.2, 0) is 4.74 Å². The number of hydrogen-bond acceptors (Lipinski definition) is 4. The maximum Gasteiger partial charge on any atom is 0.261 e. The van der Waals surface area contributed by atoms with Crippen molar-refractivity contribution in [3.63, 3.8) is 0 Å². The van der Waals surface area contributed by atoms with Crippen LogP contribution in [0.3, 0.4) is 0 Å². The van der Waals surface area contributed by atoms with Gasteiger partial charge in [0.2, 0.25) is 0 Å². The lowest BCUT2D eigenvalue weighted by Gasteiger charge is -2.33. The van der Waals surface area contributed by atoms with Gasteiger partial charge in [-0.1, -0.05) is 6.07 Å². The highest BCUT2D eigenvalue weighted by molar-refractivity contribution is 5.99. The van der Waals surface area contributed by atoms with Crippen molar-refractivity contribution in [2.75, 3.05) is 19.8 Å². The fraction of sp³-hybridized carbons (Fsp3) is 0.417. The zero-order chi connectivity index (χ0) is 12.4. The summed E-state index contributed by atoms with van der Waals surface area (Å²) in [5.74, 6) is -0.765. The Balaban J connectivity index is 2.30. The molecule has 17 heavy (non-hydrogen) atoms. The van der Waals surface area contributed by atoms with Crippen LogP contribution in [0.1, 0.15) is 17.3 Å². The number of morpholine rings is 1. The van der Waals surface area contributed by atoms with Crippen molar-refractivity contribution in [1.29, 1.82) is 0 Å². The van der Waals surface area contributed by atoms with Crippen LogP contribution in [0.15, 0.2) is 18.2 Å². The van der Waals surface area contributed by atoms with E-state index in [0.29, 0.717) is 19.8 Å². The van der Waals surface area contributed by atoms with Crippen molar-refractivity contribution >= 4 is 5.91 Å². The summed E-state index contributed by atoms with van der Waals surface area (Å²) in [5, 5.41) is 19.3. The second kappa shape index (κ2) is 4.63. The second-order valence-corrected chi connectivity index (χ2v) is 4.09. The van der Waals surface area contributed by atoms with Gasteiger partial charge in [0.25, 0.3) is 5.91 Å². The monoisotopic (exact) mass is 237 g/mol. The first-order chi connectivity index (χ1) is 8.11. The first-order valence-corrected chi connectivity index (χ1v) is 5.51. The van der Waals surface area contributed by atoms with E-state index in [9.17, 15) is 15.0 Å². The lowest BCUT2D eigenvalue weighted by atomic mass is 10.1. The number of rotatable bonds is 1. The number of hydrogen-bond donors (Lipinski definition) is 2. The van der Waals surface area contributed by atoms with Gasteiger partial charge in [0, 0.05) is 6.54 Å². The highest BCUT2D eigenvalue weighted by Crippen LogP contribution is 2.28. The van der Waals surface area contributed by atoms with Gasteiger partial charge in [-0.25, -0.2) is 0 Å². The Hall–Kier alpha value is -1.75. The van der Waals surface area contributed by atoms with E-state index in [2.05, 4.69) is 0 Å². The van der Waals surface area contributed by atoms with E-state index < -0.39 is 0 Å². The van der Waals surface area contributed by atoms with Crippen molar-refractivity contribution in [2.45, 2.75) is 13.0 Å². The molecule has 1 aromatic carbocycles. The van der Waals surface area contributed by atoms with Gasteiger partial charge in [0.1, 0.15) is 17.1 Å². The molecule has 5 nitrogen and oxygen atoms in total. The largest absolute Gasteiger partial charge is 0.507 e. The molecule has 1 amide bonds. The predicted molar refractivity (Wildman–Crippen MR) is 61.1 cm³/mol. The van der Waals surface area contributed by atoms with Crippen LogP contribution in [0, 0.1) is 0 Å². The quantitative estimate of drug-likeness (QED) is 0.763. The molecular weight excluding hydrogens is 222 g/mol. The Bertz CT molecular complexity index is 412. The predicted octanol–water partition coefficient (Wildman–Crippen LogP) is 0.959. The third-order valence-corrected chi connectivity index (χ3v) is 2.86. The summed E-state index contributed by atoms with van der Waals surface area (Å²) in [7, 11) is 0. The van der Waals surface area contributed by atoms with E-state index >= 15 is 0 Å². The average Bonchev–Trinajstić information content (AvgIpc) is 2.29. The standard InChI is InChI=1S/C12H15NO4/c1-8-7-17-6-5-13(8)12(16)11-9(14)3-2-4-10(11)15/h2-4,8,14-15H,5-7H2,1H3. The topological polar surface area (TPSA) is 70.0 Å². The van der Waals surface area contributed by atoms with Crippen LogP contribution in [0.2, 0.25) is 0 Å². The molecule has 1 fully saturated rings. The molecule has 1 aliphatic rings. The van der Waals surface area contributed by atoms with Gasteiger partial charge in [-0.3, -0.25) is 4.79 Å². The smallest absolute Gasteiger partial charge is 0.261 e. The minimum atomic E-state index is -0.364. The van der Waals surface area contributed by atoms with Crippen LogP contribution < -0.4 is 0 Å². The number of phenols is 2. The highest BCUT2D eigenvalue weighted by Gasteiger charge is 2.28. The molecule has 2 N–H and O–H groups in total. The Kier molecular flexibility index (Phi) is 3.19. The fourth-order valence-electron chi connectivity index (χ4n) is 1.92. The van der Waals surface area contributed by atoms with Crippen LogP contribution in [-0.4, -0.2) is 46.8 Å². The normalized spacial score (nSPS) is 20.3. The van der Waals surface area contributed by atoms with Crippen LogP contribution in [0.4, 0.5) is 0 Å². The number of carbonyl (C=O) groups is 1. The molecule has 1 saturated heterocycles. The van der Waals surface area contributed by atoms with Crippen LogP contribution in [0.25, 0.3) is 0 Å². The molecule has 2 rings (SSSR count). The van der Waals surface area contributed by atoms with Crippen molar-refractivity contribution in [3.05, 3.63) is 23.8 Å². The zero-order valence-electron chi connectivity index (χ0n) is 9.59.